The summed E-state index contributed by atoms with van der Waals surface area (Å²) < 4.78 is 17.5. The first-order chi connectivity index (χ1) is 8.20. The second-order valence-electron chi connectivity index (χ2n) is 5.06. The number of rotatable bonds is 5. The Balaban J connectivity index is 1.83. The van der Waals surface area contributed by atoms with E-state index in [1.807, 2.05) is 0 Å². The lowest BCUT2D eigenvalue weighted by molar-refractivity contribution is -0.208. The van der Waals surface area contributed by atoms with E-state index < -0.39 is 5.79 Å². The molecule has 98 valence electrons. The average molecular weight is 240 g/mol. The molecule has 0 saturated carbocycles. The van der Waals surface area contributed by atoms with Gasteiger partial charge in [0.25, 0.3) is 0 Å². The summed E-state index contributed by atoms with van der Waals surface area (Å²) in [6.07, 6.45) is 8.24. The van der Waals surface area contributed by atoms with E-state index in [4.69, 9.17) is 14.2 Å². The van der Waals surface area contributed by atoms with Crippen molar-refractivity contribution in [3.8, 4) is 0 Å². The van der Waals surface area contributed by atoms with Gasteiger partial charge in [-0.05, 0) is 38.2 Å². The van der Waals surface area contributed by atoms with Crippen LogP contribution in [-0.2, 0) is 14.2 Å². The highest BCUT2D eigenvalue weighted by Gasteiger charge is 2.37. The fraction of sp³-hybridized carbons (Fsp3) is 0.857. The summed E-state index contributed by atoms with van der Waals surface area (Å²) in [6, 6.07) is 0. The lowest BCUT2D eigenvalue weighted by Gasteiger charge is -2.31. The largest absolute Gasteiger partial charge is 0.373 e. The molecule has 1 aliphatic heterocycles. The third-order valence-electron chi connectivity index (χ3n) is 4.01. The minimum Gasteiger partial charge on any atom is -0.373 e. The van der Waals surface area contributed by atoms with E-state index in [2.05, 4.69) is 19.9 Å². The molecule has 1 aliphatic carbocycles. The molecule has 0 aromatic heterocycles. The van der Waals surface area contributed by atoms with E-state index in [1.165, 1.54) is 12.0 Å². The number of hydrogen-bond acceptors (Lipinski definition) is 3. The number of ether oxygens (including phenoxy) is 3. The summed E-state index contributed by atoms with van der Waals surface area (Å²) in [6.45, 7) is 4.91. The molecular formula is C14H24O3. The first-order valence-electron chi connectivity index (χ1n) is 6.72. The molecule has 0 aromatic carbocycles. The normalized spacial score (nSPS) is 37.5. The van der Waals surface area contributed by atoms with Gasteiger partial charge < -0.3 is 14.2 Å². The third-order valence-corrected chi connectivity index (χ3v) is 4.01. The highest BCUT2D eigenvalue weighted by molar-refractivity contribution is 5.16. The molecule has 17 heavy (non-hydrogen) atoms. The van der Waals surface area contributed by atoms with Gasteiger partial charge in [0, 0.05) is 13.5 Å². The van der Waals surface area contributed by atoms with Crippen molar-refractivity contribution in [2.24, 2.45) is 0 Å². The monoisotopic (exact) mass is 240 g/mol. The van der Waals surface area contributed by atoms with Crippen LogP contribution < -0.4 is 0 Å². The molecule has 3 heteroatoms. The molecule has 1 heterocycles. The van der Waals surface area contributed by atoms with Crippen LogP contribution in [0.15, 0.2) is 11.6 Å². The third kappa shape index (κ3) is 2.72. The van der Waals surface area contributed by atoms with Crippen LogP contribution in [0.1, 0.15) is 46.0 Å². The molecule has 2 rings (SSSR count). The van der Waals surface area contributed by atoms with E-state index >= 15 is 0 Å². The van der Waals surface area contributed by atoms with Crippen LogP contribution in [0, 0.1) is 0 Å². The lowest BCUT2D eigenvalue weighted by atomic mass is 10.1. The van der Waals surface area contributed by atoms with Gasteiger partial charge in [-0.15, -0.1) is 0 Å². The van der Waals surface area contributed by atoms with Crippen molar-refractivity contribution in [1.29, 1.82) is 0 Å². The zero-order chi connectivity index (χ0) is 12.3. The molecular weight excluding hydrogens is 216 g/mol. The van der Waals surface area contributed by atoms with Crippen LogP contribution in [0.4, 0.5) is 0 Å². The SMILES string of the molecule is CCC1CCC(COC2(OC)CCC=C2C)O1. The van der Waals surface area contributed by atoms with Crippen molar-refractivity contribution in [1.82, 2.24) is 0 Å². The van der Waals surface area contributed by atoms with Crippen LogP contribution in [0.2, 0.25) is 0 Å². The van der Waals surface area contributed by atoms with Gasteiger partial charge in [0.15, 0.2) is 5.79 Å². The summed E-state index contributed by atoms with van der Waals surface area (Å²) in [5.74, 6) is -0.479. The van der Waals surface area contributed by atoms with Gasteiger partial charge in [-0.2, -0.15) is 0 Å². The first-order valence-corrected chi connectivity index (χ1v) is 6.72. The van der Waals surface area contributed by atoms with Crippen molar-refractivity contribution >= 4 is 0 Å². The van der Waals surface area contributed by atoms with Crippen molar-refractivity contribution in [3.63, 3.8) is 0 Å². The van der Waals surface area contributed by atoms with Crippen LogP contribution in [0.5, 0.6) is 0 Å². The molecule has 0 amide bonds. The predicted octanol–water partition coefficient (Wildman–Crippen LogP) is 3.04. The molecule has 0 radical (unpaired) electrons. The highest BCUT2D eigenvalue weighted by atomic mass is 16.7. The maximum atomic E-state index is 6.01. The zero-order valence-electron chi connectivity index (χ0n) is 11.2. The molecule has 1 fully saturated rings. The van der Waals surface area contributed by atoms with Crippen molar-refractivity contribution in [2.45, 2.75) is 63.9 Å². The second kappa shape index (κ2) is 5.51. The Labute approximate surface area is 104 Å². The van der Waals surface area contributed by atoms with Crippen molar-refractivity contribution in [2.75, 3.05) is 13.7 Å². The van der Waals surface area contributed by atoms with E-state index in [0.717, 1.165) is 25.7 Å². The quantitative estimate of drug-likeness (QED) is 0.546. The predicted molar refractivity (Wildman–Crippen MR) is 66.9 cm³/mol. The maximum Gasteiger partial charge on any atom is 0.190 e. The van der Waals surface area contributed by atoms with Crippen LogP contribution >= 0.6 is 0 Å². The molecule has 2 aliphatic rings. The molecule has 1 saturated heterocycles. The van der Waals surface area contributed by atoms with Gasteiger partial charge in [0.1, 0.15) is 0 Å². The van der Waals surface area contributed by atoms with Crippen molar-refractivity contribution in [3.05, 3.63) is 11.6 Å². The molecule has 0 N–H and O–H groups in total. The Bertz CT molecular complexity index is 287. The van der Waals surface area contributed by atoms with Gasteiger partial charge in [0.05, 0.1) is 18.8 Å². The van der Waals surface area contributed by atoms with E-state index in [0.29, 0.717) is 12.7 Å². The minimum atomic E-state index is -0.479. The Kier molecular flexibility index (Phi) is 4.23. The number of hydrogen-bond donors (Lipinski definition) is 0. The molecule has 0 spiro atoms. The fourth-order valence-corrected chi connectivity index (χ4v) is 2.77. The van der Waals surface area contributed by atoms with Crippen molar-refractivity contribution < 1.29 is 14.2 Å². The maximum absolute atomic E-state index is 6.01. The summed E-state index contributed by atoms with van der Waals surface area (Å²) in [4.78, 5) is 0. The number of methoxy groups -OCH3 is 1. The highest BCUT2D eigenvalue weighted by Crippen LogP contribution is 2.35. The fourth-order valence-electron chi connectivity index (χ4n) is 2.77. The number of allylic oxidation sites excluding steroid dienone is 1. The Morgan fingerprint density at radius 2 is 2.18 bits per heavy atom. The molecule has 3 atom stereocenters. The molecule has 0 bridgehead atoms. The molecule has 0 aromatic rings. The van der Waals surface area contributed by atoms with E-state index in [-0.39, 0.29) is 6.10 Å². The Hall–Kier alpha value is -0.380. The van der Waals surface area contributed by atoms with Gasteiger partial charge in [-0.3, -0.25) is 0 Å². The van der Waals surface area contributed by atoms with E-state index in [9.17, 15) is 0 Å². The van der Waals surface area contributed by atoms with E-state index in [1.54, 1.807) is 7.11 Å². The standard InChI is InChI=1S/C14H24O3/c1-4-12-7-8-13(17-12)10-16-14(15-3)9-5-6-11(14)2/h6,12-13H,4-5,7-10H2,1-3H3. The van der Waals surface area contributed by atoms with Gasteiger partial charge in [-0.25, -0.2) is 0 Å². The molecule has 3 nitrogen and oxygen atoms in total. The average Bonchev–Trinajstić information content (AvgIpc) is 2.94. The summed E-state index contributed by atoms with van der Waals surface area (Å²) in [5, 5.41) is 0. The Morgan fingerprint density at radius 1 is 1.41 bits per heavy atom. The Morgan fingerprint density at radius 3 is 2.71 bits per heavy atom. The summed E-state index contributed by atoms with van der Waals surface area (Å²) in [5.41, 5.74) is 1.20. The van der Waals surface area contributed by atoms with Crippen LogP contribution in [0.25, 0.3) is 0 Å². The van der Waals surface area contributed by atoms with Crippen LogP contribution in [0.3, 0.4) is 0 Å². The topological polar surface area (TPSA) is 27.7 Å². The second-order valence-corrected chi connectivity index (χ2v) is 5.06. The van der Waals surface area contributed by atoms with Gasteiger partial charge in [0.2, 0.25) is 0 Å². The minimum absolute atomic E-state index is 0.250. The smallest absolute Gasteiger partial charge is 0.190 e. The van der Waals surface area contributed by atoms with Gasteiger partial charge in [-0.1, -0.05) is 13.0 Å². The lowest BCUT2D eigenvalue weighted by Crippen LogP contribution is -2.36. The zero-order valence-corrected chi connectivity index (χ0v) is 11.2. The molecule has 3 unspecified atom stereocenters. The summed E-state index contributed by atoms with van der Waals surface area (Å²) in [7, 11) is 1.73. The summed E-state index contributed by atoms with van der Waals surface area (Å²) >= 11 is 0. The van der Waals surface area contributed by atoms with Gasteiger partial charge >= 0.3 is 0 Å². The van der Waals surface area contributed by atoms with Crippen LogP contribution in [-0.4, -0.2) is 31.7 Å². The first kappa shape index (κ1) is 13.1.